The molecule has 0 aliphatic carbocycles. The Kier molecular flexibility index (Phi) is 4.98. The van der Waals surface area contributed by atoms with E-state index in [1.807, 2.05) is 13.0 Å². The average Bonchev–Trinajstić information content (AvgIpc) is 2.60. The van der Waals surface area contributed by atoms with Gasteiger partial charge < -0.3 is 10.6 Å². The van der Waals surface area contributed by atoms with Gasteiger partial charge in [0.1, 0.15) is 12.4 Å². The molecule has 8 heteroatoms. The number of rotatable bonds is 4. The van der Waals surface area contributed by atoms with Crippen molar-refractivity contribution in [2.24, 2.45) is 0 Å². The number of hydrogen-bond donors (Lipinski definition) is 2. The predicted octanol–water partition coefficient (Wildman–Crippen LogP) is 2.44. The van der Waals surface area contributed by atoms with Crippen molar-refractivity contribution >= 4 is 34.1 Å². The Bertz CT molecular complexity index is 1110. The van der Waals surface area contributed by atoms with Crippen LogP contribution in [0.2, 0.25) is 0 Å². The second-order valence-corrected chi connectivity index (χ2v) is 6.07. The number of para-hydroxylation sites is 1. The maximum Gasteiger partial charge on any atom is 0.261 e. The predicted molar refractivity (Wildman–Crippen MR) is 100 cm³/mol. The quantitative estimate of drug-likeness (QED) is 0.740. The molecule has 0 saturated heterocycles. The lowest BCUT2D eigenvalue weighted by atomic mass is 10.1. The van der Waals surface area contributed by atoms with E-state index in [0.717, 1.165) is 16.2 Å². The molecule has 1 aromatic heterocycles. The van der Waals surface area contributed by atoms with Gasteiger partial charge in [0.25, 0.3) is 5.56 Å². The number of benzene rings is 2. The summed E-state index contributed by atoms with van der Waals surface area (Å²) in [5.74, 6) is -1.56. The van der Waals surface area contributed by atoms with Gasteiger partial charge in [-0.1, -0.05) is 12.1 Å². The van der Waals surface area contributed by atoms with Crippen molar-refractivity contribution in [2.75, 3.05) is 10.6 Å². The highest BCUT2D eigenvalue weighted by atomic mass is 19.1. The van der Waals surface area contributed by atoms with E-state index in [4.69, 9.17) is 0 Å². The van der Waals surface area contributed by atoms with E-state index in [9.17, 15) is 18.8 Å². The summed E-state index contributed by atoms with van der Waals surface area (Å²) in [6.07, 6.45) is 1.29. The summed E-state index contributed by atoms with van der Waals surface area (Å²) >= 11 is 0. The Morgan fingerprint density at radius 3 is 2.70 bits per heavy atom. The molecule has 0 atom stereocenters. The Labute approximate surface area is 153 Å². The fourth-order valence-corrected chi connectivity index (χ4v) is 2.70. The van der Waals surface area contributed by atoms with Crippen LogP contribution in [0.1, 0.15) is 12.5 Å². The molecule has 0 aliphatic heterocycles. The molecule has 2 N–H and O–H groups in total. The Morgan fingerprint density at radius 1 is 1.19 bits per heavy atom. The number of aryl methyl sites for hydroxylation is 1. The summed E-state index contributed by atoms with van der Waals surface area (Å²) in [4.78, 5) is 40.1. The normalized spacial score (nSPS) is 10.6. The van der Waals surface area contributed by atoms with Gasteiger partial charge in [-0.15, -0.1) is 0 Å². The minimum absolute atomic E-state index is 0.0936. The standard InChI is InChI=1S/C19H17FN4O3/c1-11-4-3-5-14-18(11)21-10-24(19(14)27)9-17(26)23-16-8-13(22-12(2)25)6-7-15(16)20/h3-8,10H,9H2,1-2H3,(H,22,25)(H,23,26). The Morgan fingerprint density at radius 2 is 1.96 bits per heavy atom. The zero-order chi connectivity index (χ0) is 19.6. The first-order chi connectivity index (χ1) is 12.8. The summed E-state index contributed by atoms with van der Waals surface area (Å²) in [5.41, 5.74) is 1.33. The Balaban J connectivity index is 1.82. The van der Waals surface area contributed by atoms with Crippen molar-refractivity contribution in [3.05, 3.63) is 64.5 Å². The van der Waals surface area contributed by atoms with E-state index in [1.165, 1.54) is 25.4 Å². The van der Waals surface area contributed by atoms with E-state index in [1.54, 1.807) is 12.1 Å². The number of nitrogens with one attached hydrogen (secondary N) is 2. The molecule has 2 aromatic carbocycles. The molecular formula is C19H17FN4O3. The fraction of sp³-hybridized carbons (Fsp3) is 0.158. The fourth-order valence-electron chi connectivity index (χ4n) is 2.70. The van der Waals surface area contributed by atoms with E-state index in [2.05, 4.69) is 15.6 Å². The second kappa shape index (κ2) is 7.36. The van der Waals surface area contributed by atoms with Gasteiger partial charge in [-0.25, -0.2) is 9.37 Å². The van der Waals surface area contributed by atoms with E-state index < -0.39 is 11.7 Å². The molecule has 3 rings (SSSR count). The monoisotopic (exact) mass is 368 g/mol. The van der Waals surface area contributed by atoms with Crippen molar-refractivity contribution in [1.29, 1.82) is 0 Å². The zero-order valence-corrected chi connectivity index (χ0v) is 14.7. The van der Waals surface area contributed by atoms with Crippen LogP contribution in [-0.4, -0.2) is 21.4 Å². The van der Waals surface area contributed by atoms with E-state index in [-0.39, 0.29) is 23.7 Å². The molecule has 0 bridgehead atoms. The summed E-state index contributed by atoms with van der Waals surface area (Å²) in [6.45, 7) is 2.85. The topological polar surface area (TPSA) is 93.1 Å². The molecule has 1 heterocycles. The largest absolute Gasteiger partial charge is 0.326 e. The van der Waals surface area contributed by atoms with Crippen molar-refractivity contribution < 1.29 is 14.0 Å². The van der Waals surface area contributed by atoms with Crippen molar-refractivity contribution in [3.8, 4) is 0 Å². The molecule has 7 nitrogen and oxygen atoms in total. The first-order valence-electron chi connectivity index (χ1n) is 8.17. The van der Waals surface area contributed by atoms with Crippen LogP contribution in [0.5, 0.6) is 0 Å². The van der Waals surface area contributed by atoms with E-state index in [0.29, 0.717) is 16.6 Å². The van der Waals surface area contributed by atoms with Crippen LogP contribution in [-0.2, 0) is 16.1 Å². The molecule has 0 radical (unpaired) electrons. The molecule has 0 fully saturated rings. The van der Waals surface area contributed by atoms with Crippen LogP contribution in [0, 0.1) is 12.7 Å². The van der Waals surface area contributed by atoms with Gasteiger partial charge >= 0.3 is 0 Å². The van der Waals surface area contributed by atoms with Gasteiger partial charge in [0, 0.05) is 12.6 Å². The van der Waals surface area contributed by atoms with Crippen LogP contribution >= 0.6 is 0 Å². The van der Waals surface area contributed by atoms with Crippen LogP contribution in [0.4, 0.5) is 15.8 Å². The number of aromatic nitrogens is 2. The molecule has 0 unspecified atom stereocenters. The number of nitrogens with zero attached hydrogens (tertiary/aromatic N) is 2. The molecule has 0 aliphatic rings. The third-order valence-corrected chi connectivity index (χ3v) is 3.93. The number of carbonyl (C=O) groups excluding carboxylic acids is 2. The number of amides is 2. The average molecular weight is 368 g/mol. The number of halogens is 1. The van der Waals surface area contributed by atoms with Gasteiger partial charge in [0.15, 0.2) is 0 Å². The molecule has 138 valence electrons. The number of fused-ring (bicyclic) bond motifs is 1. The van der Waals surface area contributed by atoms with Gasteiger partial charge in [0.2, 0.25) is 11.8 Å². The van der Waals surface area contributed by atoms with E-state index >= 15 is 0 Å². The maximum absolute atomic E-state index is 13.9. The minimum atomic E-state index is -0.655. The lowest BCUT2D eigenvalue weighted by Crippen LogP contribution is -2.28. The first kappa shape index (κ1) is 18.2. The molecule has 0 saturated carbocycles. The lowest BCUT2D eigenvalue weighted by Gasteiger charge is -2.11. The van der Waals surface area contributed by atoms with Crippen LogP contribution in [0.3, 0.4) is 0 Å². The third kappa shape index (κ3) is 4.00. The third-order valence-electron chi connectivity index (χ3n) is 3.93. The molecule has 27 heavy (non-hydrogen) atoms. The molecule has 3 aromatic rings. The van der Waals surface area contributed by atoms with Crippen molar-refractivity contribution in [3.63, 3.8) is 0 Å². The lowest BCUT2D eigenvalue weighted by molar-refractivity contribution is -0.117. The maximum atomic E-state index is 13.9. The minimum Gasteiger partial charge on any atom is -0.326 e. The highest BCUT2D eigenvalue weighted by molar-refractivity contribution is 5.93. The summed E-state index contributed by atoms with van der Waals surface area (Å²) < 4.78 is 15.1. The smallest absolute Gasteiger partial charge is 0.261 e. The molecular weight excluding hydrogens is 351 g/mol. The SMILES string of the molecule is CC(=O)Nc1ccc(F)c(NC(=O)Cn2cnc3c(C)cccc3c2=O)c1. The van der Waals surface area contributed by atoms with Crippen LogP contribution in [0.15, 0.2) is 47.5 Å². The molecule has 2 amide bonds. The van der Waals surface area contributed by atoms with Crippen molar-refractivity contribution in [1.82, 2.24) is 9.55 Å². The van der Waals surface area contributed by atoms with Crippen LogP contribution in [0.25, 0.3) is 10.9 Å². The number of hydrogen-bond acceptors (Lipinski definition) is 4. The molecule has 0 spiro atoms. The highest BCUT2D eigenvalue weighted by Gasteiger charge is 2.12. The highest BCUT2D eigenvalue weighted by Crippen LogP contribution is 2.19. The van der Waals surface area contributed by atoms with Gasteiger partial charge in [-0.3, -0.25) is 19.0 Å². The first-order valence-corrected chi connectivity index (χ1v) is 8.17. The van der Waals surface area contributed by atoms with Crippen molar-refractivity contribution in [2.45, 2.75) is 20.4 Å². The Hall–Kier alpha value is -3.55. The summed E-state index contributed by atoms with van der Waals surface area (Å²) in [7, 11) is 0. The zero-order valence-electron chi connectivity index (χ0n) is 14.7. The van der Waals surface area contributed by atoms with Gasteiger partial charge in [0.05, 0.1) is 22.9 Å². The summed E-state index contributed by atoms with van der Waals surface area (Å²) in [6, 6.07) is 9.05. The van der Waals surface area contributed by atoms with Gasteiger partial charge in [-0.2, -0.15) is 0 Å². The van der Waals surface area contributed by atoms with Crippen LogP contribution < -0.4 is 16.2 Å². The number of carbonyl (C=O) groups is 2. The number of anilines is 2. The van der Waals surface area contributed by atoms with Gasteiger partial charge in [-0.05, 0) is 36.8 Å². The summed E-state index contributed by atoms with van der Waals surface area (Å²) in [5, 5.41) is 5.32. The second-order valence-electron chi connectivity index (χ2n) is 6.07.